The first-order valence-electron chi connectivity index (χ1n) is 44.3. The third kappa shape index (κ3) is 28.3. The van der Waals surface area contributed by atoms with E-state index in [0.717, 1.165) is 26.5 Å². The Morgan fingerprint density at radius 1 is 0.571 bits per heavy atom. The van der Waals surface area contributed by atoms with Crippen molar-refractivity contribution in [2.75, 3.05) is 58.3 Å². The van der Waals surface area contributed by atoms with Gasteiger partial charge in [-0.2, -0.15) is 0 Å². The van der Waals surface area contributed by atoms with E-state index in [1.165, 1.54) is 74.5 Å². The molecule has 9 rings (SSSR count). The number of amides is 17. The van der Waals surface area contributed by atoms with Crippen molar-refractivity contribution in [3.63, 3.8) is 0 Å². The highest BCUT2D eigenvalue weighted by Gasteiger charge is 2.47. The molecule has 3 fully saturated rings. The number of carboxylic acid groups (broad SMARTS) is 1. The number of phenols is 1. The topological polar surface area (TPSA) is 643 Å². The monoisotopic (exact) mass is 1870 g/mol. The number of hydrogen-bond donors (Lipinski definition) is 19. The number of imidazole rings is 1. The molecular weight excluding hydrogens is 1750 g/mol. The van der Waals surface area contributed by atoms with Crippen LogP contribution in [-0.2, 0) is 112 Å². The van der Waals surface area contributed by atoms with Crippen molar-refractivity contribution < 1.29 is 102 Å². The zero-order valence-electron chi connectivity index (χ0n) is 75.5. The highest BCUT2D eigenvalue weighted by atomic mass is 32.2. The number of carbonyl (C=O) groups is 18. The van der Waals surface area contributed by atoms with Crippen LogP contribution < -0.4 is 70.4 Å². The van der Waals surface area contributed by atoms with E-state index in [0.29, 0.717) is 51.3 Å². The molecule has 43 nitrogen and oxygen atoms in total. The van der Waals surface area contributed by atoms with Crippen LogP contribution in [0.3, 0.4) is 0 Å². The minimum atomic E-state index is -1.84. The maximum atomic E-state index is 15.7. The number of hydrogen-bond acceptors (Lipinski definition) is 23. The molecule has 0 bridgehead atoms. The van der Waals surface area contributed by atoms with Crippen molar-refractivity contribution in [1.82, 2.24) is 97.6 Å². The number of primary amides is 2. The molecule has 22 N–H and O–H groups in total. The van der Waals surface area contributed by atoms with E-state index < -0.39 is 254 Å². The number of nitrogens with one attached hydrogen (secondary N) is 13. The molecule has 17 amide bonds. The van der Waals surface area contributed by atoms with Gasteiger partial charge < -0.3 is 125 Å². The Kier molecular flexibility index (Phi) is 37.7. The predicted octanol–water partition coefficient (Wildman–Crippen LogP) is -2.75. The van der Waals surface area contributed by atoms with Gasteiger partial charge in [0.1, 0.15) is 90.3 Å². The van der Waals surface area contributed by atoms with E-state index >= 15 is 33.6 Å². The number of para-hydroxylation sites is 2. The number of unbranched alkanes of at least 4 members (excludes halogenated alkanes) is 1. The van der Waals surface area contributed by atoms with E-state index in [-0.39, 0.29) is 88.4 Å². The lowest BCUT2D eigenvalue weighted by molar-refractivity contribution is -0.150. The summed E-state index contributed by atoms with van der Waals surface area (Å²) in [4.78, 5) is 280. The number of rotatable bonds is 24. The molecule has 3 aliphatic rings. The van der Waals surface area contributed by atoms with Crippen LogP contribution in [-0.4, -0.2) is 315 Å². The molecule has 0 aliphatic carbocycles. The second kappa shape index (κ2) is 48.6. The van der Waals surface area contributed by atoms with Gasteiger partial charge >= 0.3 is 5.97 Å². The van der Waals surface area contributed by atoms with Crippen molar-refractivity contribution in [2.45, 2.75) is 229 Å². The number of phenolic OH excluding ortho intramolecular Hbond substituents is 1. The second-order valence-electron chi connectivity index (χ2n) is 34.0. The molecule has 3 aromatic heterocycles. The summed E-state index contributed by atoms with van der Waals surface area (Å²) in [5.74, 6) is -19.1. The fourth-order valence-corrected chi connectivity index (χ4v) is 17.3. The first-order valence-corrected chi connectivity index (χ1v) is 45.5. The molecular formula is C89H122N22O21S. The van der Waals surface area contributed by atoms with Crippen LogP contribution >= 0.6 is 11.8 Å². The Balaban J connectivity index is 1.09. The number of carboxylic acids is 1. The normalized spacial score (nSPS) is 25.0. The van der Waals surface area contributed by atoms with Crippen LogP contribution in [0.1, 0.15) is 135 Å². The highest BCUT2D eigenvalue weighted by Crippen LogP contribution is 2.28. The number of nitrogens with two attached hydrogens (primary N) is 3. The maximum Gasteiger partial charge on any atom is 0.303 e. The number of carbonyl (C=O) groups excluding carboxylic acids is 17. The Morgan fingerprint density at radius 2 is 1.12 bits per heavy atom. The summed E-state index contributed by atoms with van der Waals surface area (Å²) in [6.45, 7) is 7.77. The number of aromatic amines is 3. The zero-order valence-corrected chi connectivity index (χ0v) is 76.4. The maximum absolute atomic E-state index is 15.7. The van der Waals surface area contributed by atoms with Crippen LogP contribution in [0.4, 0.5) is 0 Å². The molecule has 0 radical (unpaired) electrons. The number of H-pyrrole nitrogens is 3. The fourth-order valence-electron chi connectivity index (χ4n) is 16.5. The lowest BCUT2D eigenvalue weighted by Crippen LogP contribution is -2.61. The first kappa shape index (κ1) is 103. The second-order valence-corrected chi connectivity index (χ2v) is 35.0. The Hall–Kier alpha value is -13.5. The number of aliphatic carboxylic acids is 1. The standard InChI is InChI=1S/C89H122N22O21S/c1-9-11-21-70-89(132)109(10-2)49(6)77(120)101-62(32-47(3)4)80(123)106-68(78(121)96-42-73(92)115)44-133-45-74(116)98-65(33-50-23-25-54(112)26-24-50)85(128)107(7)48(5)76(119)104-67(38-72(91)114)88(131)110-31-16-22-69(110)83(126)103-64(36-53-41-93-46-97-53)82(125)100-61(27-28-75(117)118)87(130)111-43-55(113)37-71(111)84(127)102-63(34-51-39-94-58-19-14-12-17-56(51)58)81(124)99-60(29-30-90)79(122)105-66(86(129)108(70)8)35-52-40-95-59-20-15-13-18-57(52)59/h12-15,17-20,23-26,39-41,46-49,55,60-71,94-95,112-113H,9-11,16,21-22,27-38,42-45,90H2,1-8H3,(H2,91,114)(H2,92,115)(H,93,97)(H,96,121)(H,98,116)(H,99,124)(H,100,125)(H,101,120)(H,102,127)(H,103,126)(H,104,119)(H,105,122)(H,106,123)(H,117,118)/t48-,49-,55+,60-,61-,62-,63-,64-,65-,66-,67-,68-,69-,70-,71-/m0/s1. The van der Waals surface area contributed by atoms with Gasteiger partial charge in [0, 0.05) is 124 Å². The van der Waals surface area contributed by atoms with Crippen LogP contribution in [0.25, 0.3) is 21.8 Å². The van der Waals surface area contributed by atoms with Crippen molar-refractivity contribution in [1.29, 1.82) is 0 Å². The van der Waals surface area contributed by atoms with Gasteiger partial charge in [-0.15, -0.1) is 11.8 Å². The number of aliphatic hydroxyl groups excluding tert-OH is 1. The molecule has 3 aromatic carbocycles. The minimum absolute atomic E-state index is 0.0205. The van der Waals surface area contributed by atoms with Gasteiger partial charge in [-0.25, -0.2) is 4.98 Å². The SMILES string of the molecule is CCCC[C@H]1C(=O)N(CC)[C@@H](C)C(=O)N[C@@H](CC(C)C)C(=O)N[C@H](C(=O)NCC(N)=O)CSCC(=O)N[C@@H](Cc2ccc(O)cc2)C(=O)N(C)[C@@H](C)C(=O)N[C@@H](CC(N)=O)C(=O)N2CCC[C@H]2C(=O)N[C@@H](Cc2cnc[nH]2)C(=O)N[C@@H](CCC(=O)O)C(=O)N2C[C@H](O)C[C@H]2C(=O)N[C@@H](Cc2c[nH]c3ccccc23)C(=O)N[C@@H](CCN)C(=O)N[C@@H](Cc2c[nH]c3ccccc23)C(=O)N1C. The summed E-state index contributed by atoms with van der Waals surface area (Å²) in [5, 5.41) is 59.4. The van der Waals surface area contributed by atoms with Crippen LogP contribution in [0, 0.1) is 5.92 Å². The molecule has 0 spiro atoms. The van der Waals surface area contributed by atoms with Gasteiger partial charge in [-0.1, -0.05) is 82.1 Å². The number of aromatic hydroxyl groups is 1. The van der Waals surface area contributed by atoms with Gasteiger partial charge in [0.15, 0.2) is 0 Å². The average Bonchev–Trinajstić information content (AvgIpc) is 1.73. The fraction of sp³-hybridized carbons (Fsp3) is 0.517. The minimum Gasteiger partial charge on any atom is -0.508 e. The van der Waals surface area contributed by atoms with Gasteiger partial charge in [-0.05, 0) is 113 Å². The van der Waals surface area contributed by atoms with Crippen LogP contribution in [0.5, 0.6) is 5.75 Å². The number of aromatic nitrogens is 4. The predicted molar refractivity (Wildman–Crippen MR) is 485 cm³/mol. The molecule has 0 saturated carbocycles. The van der Waals surface area contributed by atoms with Gasteiger partial charge in [0.05, 0.1) is 31.1 Å². The van der Waals surface area contributed by atoms with Crippen molar-refractivity contribution in [3.05, 3.63) is 120 Å². The lowest BCUT2D eigenvalue weighted by atomic mass is 10.00. The zero-order chi connectivity index (χ0) is 97.2. The molecule has 6 aromatic rings. The third-order valence-electron chi connectivity index (χ3n) is 23.8. The summed E-state index contributed by atoms with van der Waals surface area (Å²) < 4.78 is 0. The largest absolute Gasteiger partial charge is 0.508 e. The van der Waals surface area contributed by atoms with Gasteiger partial charge in [0.25, 0.3) is 0 Å². The number of fused-ring (bicyclic) bond motifs is 4. The van der Waals surface area contributed by atoms with Crippen molar-refractivity contribution in [2.24, 2.45) is 23.1 Å². The van der Waals surface area contributed by atoms with E-state index in [9.17, 15) is 68.1 Å². The van der Waals surface area contributed by atoms with Crippen LogP contribution in [0.2, 0.25) is 0 Å². The summed E-state index contributed by atoms with van der Waals surface area (Å²) in [6.07, 6.45) is 1.02. The van der Waals surface area contributed by atoms with E-state index in [4.69, 9.17) is 17.2 Å². The molecule has 15 atom stereocenters. The van der Waals surface area contributed by atoms with Crippen molar-refractivity contribution >= 4 is 140 Å². The molecule has 133 heavy (non-hydrogen) atoms. The van der Waals surface area contributed by atoms with E-state index in [1.54, 1.807) is 81.7 Å². The molecule has 6 heterocycles. The number of likely N-dealkylation sites (N-methyl/N-ethyl adjacent to an activating group) is 3. The molecule has 720 valence electrons. The number of nitrogens with zero attached hydrogens (tertiary/aromatic N) is 6. The summed E-state index contributed by atoms with van der Waals surface area (Å²) in [5.41, 5.74) is 20.3. The van der Waals surface area contributed by atoms with Crippen molar-refractivity contribution in [3.8, 4) is 5.75 Å². The van der Waals surface area contributed by atoms with E-state index in [1.807, 2.05) is 6.92 Å². The van der Waals surface area contributed by atoms with E-state index in [2.05, 4.69) is 73.1 Å². The lowest BCUT2D eigenvalue weighted by Gasteiger charge is -2.37. The average molecular weight is 1870 g/mol. The number of benzene rings is 3. The van der Waals surface area contributed by atoms with Gasteiger partial charge in [-0.3, -0.25) is 86.3 Å². The highest BCUT2D eigenvalue weighted by molar-refractivity contribution is 8.00. The summed E-state index contributed by atoms with van der Waals surface area (Å²) in [7, 11) is 2.57. The molecule has 3 saturated heterocycles. The van der Waals surface area contributed by atoms with Gasteiger partial charge in [0.2, 0.25) is 100 Å². The third-order valence-corrected chi connectivity index (χ3v) is 24.8. The number of aliphatic hydroxyl groups is 1. The number of thioether (sulfide) groups is 1. The molecule has 44 heteroatoms. The Bertz CT molecular complexity index is 5180. The molecule has 0 unspecified atom stereocenters. The van der Waals surface area contributed by atoms with Crippen LogP contribution in [0.15, 0.2) is 97.7 Å². The quantitative estimate of drug-likeness (QED) is 0.0292. The molecule has 3 aliphatic heterocycles. The Morgan fingerprint density at radius 3 is 1.71 bits per heavy atom. The summed E-state index contributed by atoms with van der Waals surface area (Å²) >= 11 is 0.781. The summed E-state index contributed by atoms with van der Waals surface area (Å²) in [6, 6.07) is -2.33. The smallest absolute Gasteiger partial charge is 0.303 e. The Labute approximate surface area is 771 Å². The first-order chi connectivity index (χ1) is 63.3.